The molecule has 1 saturated heterocycles. The Morgan fingerprint density at radius 3 is 2.44 bits per heavy atom. The van der Waals surface area contributed by atoms with E-state index in [4.69, 9.17) is 21.1 Å². The maximum atomic E-state index is 12.6. The second-order valence-corrected chi connectivity index (χ2v) is 3.61. The van der Waals surface area contributed by atoms with Gasteiger partial charge in [0.15, 0.2) is 12.0 Å². The van der Waals surface area contributed by atoms with E-state index in [1.54, 1.807) is 0 Å². The van der Waals surface area contributed by atoms with Crippen LogP contribution in [0.2, 0.25) is 5.15 Å². The first-order valence-corrected chi connectivity index (χ1v) is 4.82. The number of nitrogens with zero attached hydrogens (tertiary/aromatic N) is 2. The zero-order valence-corrected chi connectivity index (χ0v) is 8.97. The maximum Gasteiger partial charge on any atom is 0.435 e. The Balaban J connectivity index is 2.48. The summed E-state index contributed by atoms with van der Waals surface area (Å²) in [7, 11) is 1.33. The van der Waals surface area contributed by atoms with Crippen molar-refractivity contribution >= 4 is 11.6 Å². The fourth-order valence-electron chi connectivity index (χ4n) is 1.46. The van der Waals surface area contributed by atoms with Crippen molar-refractivity contribution in [2.24, 2.45) is 7.05 Å². The fourth-order valence-corrected chi connectivity index (χ4v) is 1.68. The smallest absolute Gasteiger partial charge is 0.346 e. The van der Waals surface area contributed by atoms with Crippen molar-refractivity contribution in [3.63, 3.8) is 0 Å². The van der Waals surface area contributed by atoms with Gasteiger partial charge in [0.05, 0.1) is 18.8 Å². The molecule has 0 unspecified atom stereocenters. The van der Waals surface area contributed by atoms with E-state index in [9.17, 15) is 13.2 Å². The van der Waals surface area contributed by atoms with Crippen molar-refractivity contribution < 1.29 is 22.6 Å². The van der Waals surface area contributed by atoms with Crippen molar-refractivity contribution in [3.8, 4) is 0 Å². The Morgan fingerprint density at radius 2 is 1.94 bits per heavy atom. The standard InChI is InChI=1S/C8H8ClF3N2O2/c1-14-6(9)4(7-15-2-3-16-7)5(13-14)8(10,11)12/h7H,2-3H2,1H3. The molecule has 0 aliphatic carbocycles. The molecule has 1 aliphatic heterocycles. The molecule has 0 saturated carbocycles. The van der Waals surface area contributed by atoms with Crippen LogP contribution in [0.1, 0.15) is 17.5 Å². The molecule has 0 spiro atoms. The molecule has 1 fully saturated rings. The molecule has 0 atom stereocenters. The minimum Gasteiger partial charge on any atom is -0.346 e. The summed E-state index contributed by atoms with van der Waals surface area (Å²) in [5.74, 6) is 0. The van der Waals surface area contributed by atoms with E-state index in [2.05, 4.69) is 5.10 Å². The highest BCUT2D eigenvalue weighted by molar-refractivity contribution is 6.30. The molecule has 90 valence electrons. The van der Waals surface area contributed by atoms with Crippen molar-refractivity contribution in [1.29, 1.82) is 0 Å². The molecule has 1 aromatic heterocycles. The summed E-state index contributed by atoms with van der Waals surface area (Å²) in [5.41, 5.74) is -1.32. The summed E-state index contributed by atoms with van der Waals surface area (Å²) in [5, 5.41) is 3.20. The Hall–Kier alpha value is -0.790. The number of alkyl halides is 3. The maximum absolute atomic E-state index is 12.6. The molecule has 1 aliphatic rings. The second-order valence-electron chi connectivity index (χ2n) is 3.25. The Labute approximate surface area is 93.9 Å². The van der Waals surface area contributed by atoms with E-state index in [0.29, 0.717) is 0 Å². The molecular formula is C8H8ClF3N2O2. The molecule has 0 aromatic carbocycles. The Kier molecular flexibility index (Phi) is 2.85. The van der Waals surface area contributed by atoms with E-state index < -0.39 is 18.2 Å². The van der Waals surface area contributed by atoms with Crippen LogP contribution in [-0.4, -0.2) is 23.0 Å². The van der Waals surface area contributed by atoms with Gasteiger partial charge in [-0.25, -0.2) is 0 Å². The Bertz CT molecular complexity index is 399. The molecule has 0 radical (unpaired) electrons. The van der Waals surface area contributed by atoms with Crippen LogP contribution in [0.4, 0.5) is 13.2 Å². The van der Waals surface area contributed by atoms with Gasteiger partial charge >= 0.3 is 6.18 Å². The van der Waals surface area contributed by atoms with Gasteiger partial charge in [-0.05, 0) is 0 Å². The van der Waals surface area contributed by atoms with Crippen molar-refractivity contribution in [2.45, 2.75) is 12.5 Å². The summed E-state index contributed by atoms with van der Waals surface area (Å²) >= 11 is 5.74. The van der Waals surface area contributed by atoms with Gasteiger partial charge in [-0.1, -0.05) is 11.6 Å². The quantitative estimate of drug-likeness (QED) is 0.772. The lowest BCUT2D eigenvalue weighted by Gasteiger charge is -2.11. The average Bonchev–Trinajstić information content (AvgIpc) is 2.75. The van der Waals surface area contributed by atoms with E-state index in [1.807, 2.05) is 0 Å². The lowest BCUT2D eigenvalue weighted by atomic mass is 10.2. The van der Waals surface area contributed by atoms with E-state index >= 15 is 0 Å². The van der Waals surface area contributed by atoms with Gasteiger partial charge in [0, 0.05) is 7.05 Å². The highest BCUT2D eigenvalue weighted by atomic mass is 35.5. The molecule has 8 heteroatoms. The molecule has 0 amide bonds. The van der Waals surface area contributed by atoms with Gasteiger partial charge in [-0.15, -0.1) is 0 Å². The number of rotatable bonds is 1. The summed E-state index contributed by atoms with van der Waals surface area (Å²) in [6.07, 6.45) is -5.66. The SMILES string of the molecule is Cn1nc(C(F)(F)F)c(C2OCCO2)c1Cl. The summed E-state index contributed by atoms with van der Waals surface area (Å²) in [6, 6.07) is 0. The van der Waals surface area contributed by atoms with Crippen molar-refractivity contribution in [3.05, 3.63) is 16.4 Å². The van der Waals surface area contributed by atoms with Crippen LogP contribution < -0.4 is 0 Å². The topological polar surface area (TPSA) is 36.3 Å². The predicted octanol–water partition coefficient (Wildman–Crippen LogP) is 2.14. The average molecular weight is 257 g/mol. The zero-order valence-electron chi connectivity index (χ0n) is 8.21. The third-order valence-electron chi connectivity index (χ3n) is 2.14. The van der Waals surface area contributed by atoms with Crippen molar-refractivity contribution in [2.75, 3.05) is 13.2 Å². The van der Waals surface area contributed by atoms with Crippen LogP contribution in [0.3, 0.4) is 0 Å². The monoisotopic (exact) mass is 256 g/mol. The number of aromatic nitrogens is 2. The molecule has 1 aromatic rings. The van der Waals surface area contributed by atoms with Gasteiger partial charge in [0.2, 0.25) is 0 Å². The number of hydrogen-bond acceptors (Lipinski definition) is 3. The first-order chi connectivity index (χ1) is 7.41. The van der Waals surface area contributed by atoms with Crippen LogP contribution in [0, 0.1) is 0 Å². The van der Waals surface area contributed by atoms with E-state index in [0.717, 1.165) is 4.68 Å². The van der Waals surface area contributed by atoms with Gasteiger partial charge in [-0.3, -0.25) is 4.68 Å². The molecule has 16 heavy (non-hydrogen) atoms. The third-order valence-corrected chi connectivity index (χ3v) is 2.59. The number of aryl methyl sites for hydroxylation is 1. The first kappa shape index (κ1) is 11.7. The molecule has 0 bridgehead atoms. The van der Waals surface area contributed by atoms with Gasteiger partial charge in [-0.2, -0.15) is 18.3 Å². The van der Waals surface area contributed by atoms with Crippen LogP contribution in [0.15, 0.2) is 0 Å². The normalized spacial score (nSPS) is 18.3. The Morgan fingerprint density at radius 1 is 1.38 bits per heavy atom. The van der Waals surface area contributed by atoms with Crippen LogP contribution in [0.25, 0.3) is 0 Å². The van der Waals surface area contributed by atoms with Crippen LogP contribution in [-0.2, 0) is 22.7 Å². The fraction of sp³-hybridized carbons (Fsp3) is 0.625. The lowest BCUT2D eigenvalue weighted by Crippen LogP contribution is -2.12. The van der Waals surface area contributed by atoms with Crippen LogP contribution >= 0.6 is 11.6 Å². The highest BCUT2D eigenvalue weighted by Crippen LogP contribution is 2.39. The molecule has 4 nitrogen and oxygen atoms in total. The van der Waals surface area contributed by atoms with E-state index in [-0.39, 0.29) is 23.9 Å². The zero-order chi connectivity index (χ0) is 11.9. The van der Waals surface area contributed by atoms with Gasteiger partial charge < -0.3 is 9.47 Å². The van der Waals surface area contributed by atoms with Gasteiger partial charge in [0.25, 0.3) is 0 Å². The summed E-state index contributed by atoms with van der Waals surface area (Å²) in [4.78, 5) is 0. The number of hydrogen-bond donors (Lipinski definition) is 0. The van der Waals surface area contributed by atoms with E-state index in [1.165, 1.54) is 7.05 Å². The minimum absolute atomic E-state index is 0.126. The van der Waals surface area contributed by atoms with Gasteiger partial charge in [0.1, 0.15) is 5.15 Å². The number of ether oxygens (including phenoxy) is 2. The molecule has 2 rings (SSSR count). The molecule has 2 heterocycles. The summed E-state index contributed by atoms with van der Waals surface area (Å²) in [6.45, 7) is 0.486. The first-order valence-electron chi connectivity index (χ1n) is 4.44. The second kappa shape index (κ2) is 3.90. The highest BCUT2D eigenvalue weighted by Gasteiger charge is 2.42. The van der Waals surface area contributed by atoms with Crippen LogP contribution in [0.5, 0.6) is 0 Å². The number of halogens is 4. The van der Waals surface area contributed by atoms with Crippen molar-refractivity contribution in [1.82, 2.24) is 9.78 Å². The third kappa shape index (κ3) is 1.90. The largest absolute Gasteiger partial charge is 0.435 e. The molecular weight excluding hydrogens is 249 g/mol. The summed E-state index contributed by atoms with van der Waals surface area (Å²) < 4.78 is 48.9. The predicted molar refractivity (Wildman–Crippen MR) is 47.9 cm³/mol. The molecule has 0 N–H and O–H groups in total. The minimum atomic E-state index is -4.57. The lowest BCUT2D eigenvalue weighted by molar-refractivity contribution is -0.145.